The van der Waals surface area contributed by atoms with E-state index in [1.807, 2.05) is 48.5 Å². The third-order valence-corrected chi connectivity index (χ3v) is 7.24. The standard InChI is InChI=1S/C30H27F3N4O4/c1-18-26(34-28(39)41-19(2)20-9-11-22(12-10-20)30(31,32)33)37(36-35-18)25-17-23(29(15-16-29)27(38)40-3)13-14-24(25)21-7-5-4-6-8-21/h4-14,17,19H,15-16H2,1-3H3,(H,34,39)/t19-/m1/s1. The van der Waals surface area contributed by atoms with Gasteiger partial charge in [-0.15, -0.1) is 5.10 Å². The monoisotopic (exact) mass is 564 g/mol. The van der Waals surface area contributed by atoms with Crippen LogP contribution in [0, 0.1) is 6.92 Å². The van der Waals surface area contributed by atoms with Gasteiger partial charge in [-0.25, -0.2) is 4.79 Å². The van der Waals surface area contributed by atoms with Crippen molar-refractivity contribution < 1.29 is 32.2 Å². The van der Waals surface area contributed by atoms with E-state index in [4.69, 9.17) is 9.47 Å². The van der Waals surface area contributed by atoms with Crippen LogP contribution in [0.1, 0.15) is 48.3 Å². The second-order valence-electron chi connectivity index (χ2n) is 9.90. The Morgan fingerprint density at radius 2 is 1.71 bits per heavy atom. The molecule has 1 heterocycles. The van der Waals surface area contributed by atoms with Gasteiger partial charge >= 0.3 is 18.2 Å². The SMILES string of the molecule is COC(=O)C1(c2ccc(-c3ccccc3)c(-n3nnc(C)c3NC(=O)O[C@H](C)c3ccc(C(F)(F)F)cc3)c2)CC1. The van der Waals surface area contributed by atoms with Crippen molar-refractivity contribution in [2.24, 2.45) is 0 Å². The first-order valence-corrected chi connectivity index (χ1v) is 12.9. The van der Waals surface area contributed by atoms with Crippen LogP contribution in [0.5, 0.6) is 0 Å². The van der Waals surface area contributed by atoms with E-state index in [0.29, 0.717) is 29.8 Å². The van der Waals surface area contributed by atoms with Gasteiger partial charge in [0, 0.05) is 5.56 Å². The Morgan fingerprint density at radius 3 is 2.32 bits per heavy atom. The molecule has 0 spiro atoms. The summed E-state index contributed by atoms with van der Waals surface area (Å²) in [6, 6.07) is 19.6. The van der Waals surface area contributed by atoms with E-state index < -0.39 is 29.4 Å². The predicted octanol–water partition coefficient (Wildman–Crippen LogP) is 6.78. The number of benzene rings is 3. The molecule has 1 aliphatic carbocycles. The Hall–Kier alpha value is -4.67. The predicted molar refractivity (Wildman–Crippen MR) is 144 cm³/mol. The lowest BCUT2D eigenvalue weighted by Gasteiger charge is -2.19. The summed E-state index contributed by atoms with van der Waals surface area (Å²) in [7, 11) is 1.36. The Morgan fingerprint density at radius 1 is 1.02 bits per heavy atom. The zero-order valence-corrected chi connectivity index (χ0v) is 22.5. The molecular formula is C30H27F3N4O4. The number of hydrogen-bond donors (Lipinski definition) is 1. The maximum Gasteiger partial charge on any atom is 0.416 e. The van der Waals surface area contributed by atoms with E-state index in [-0.39, 0.29) is 11.8 Å². The number of aromatic nitrogens is 3. The van der Waals surface area contributed by atoms with Crippen LogP contribution < -0.4 is 5.32 Å². The van der Waals surface area contributed by atoms with Gasteiger partial charge in [-0.1, -0.05) is 59.8 Å². The van der Waals surface area contributed by atoms with Gasteiger partial charge < -0.3 is 9.47 Å². The Bertz CT molecular complexity index is 1580. The number of carbonyl (C=O) groups excluding carboxylic acids is 2. The van der Waals surface area contributed by atoms with Crippen molar-refractivity contribution in [3.8, 4) is 16.8 Å². The smallest absolute Gasteiger partial charge is 0.416 e. The average Bonchev–Trinajstić information content (AvgIpc) is 3.71. The molecule has 1 atom stereocenters. The Kier molecular flexibility index (Phi) is 7.29. The van der Waals surface area contributed by atoms with Gasteiger partial charge in [0.1, 0.15) is 11.8 Å². The lowest BCUT2D eigenvalue weighted by atomic mass is 9.92. The van der Waals surface area contributed by atoms with Crippen molar-refractivity contribution >= 4 is 17.9 Å². The molecule has 0 aliphatic heterocycles. The molecule has 212 valence electrons. The van der Waals surface area contributed by atoms with E-state index in [2.05, 4.69) is 15.6 Å². The maximum atomic E-state index is 12.9. The highest BCUT2D eigenvalue weighted by Gasteiger charge is 2.52. The number of alkyl halides is 3. The van der Waals surface area contributed by atoms with Crippen molar-refractivity contribution in [2.75, 3.05) is 12.4 Å². The lowest BCUT2D eigenvalue weighted by molar-refractivity contribution is -0.143. The zero-order valence-electron chi connectivity index (χ0n) is 22.5. The van der Waals surface area contributed by atoms with E-state index in [1.165, 1.54) is 23.9 Å². The summed E-state index contributed by atoms with van der Waals surface area (Å²) in [5.74, 6) is -0.0725. The van der Waals surface area contributed by atoms with Crippen LogP contribution in [0.15, 0.2) is 72.8 Å². The molecule has 41 heavy (non-hydrogen) atoms. The number of nitrogens with one attached hydrogen (secondary N) is 1. The van der Waals surface area contributed by atoms with Gasteiger partial charge in [0.25, 0.3) is 0 Å². The highest BCUT2D eigenvalue weighted by Crippen LogP contribution is 2.50. The molecule has 0 bridgehead atoms. The largest absolute Gasteiger partial charge is 0.468 e. The highest BCUT2D eigenvalue weighted by atomic mass is 19.4. The number of anilines is 1. The number of carbonyl (C=O) groups is 2. The molecule has 8 nitrogen and oxygen atoms in total. The molecule has 1 amide bonds. The molecular weight excluding hydrogens is 537 g/mol. The van der Waals surface area contributed by atoms with Crippen molar-refractivity contribution in [2.45, 2.75) is 44.4 Å². The molecule has 11 heteroatoms. The van der Waals surface area contributed by atoms with Gasteiger partial charge in [0.05, 0.1) is 23.8 Å². The van der Waals surface area contributed by atoms with Crippen LogP contribution >= 0.6 is 0 Å². The van der Waals surface area contributed by atoms with E-state index in [9.17, 15) is 22.8 Å². The number of nitrogens with zero attached hydrogens (tertiary/aromatic N) is 3. The molecule has 0 unspecified atom stereocenters. The summed E-state index contributed by atoms with van der Waals surface area (Å²) in [5, 5.41) is 11.1. The highest BCUT2D eigenvalue weighted by molar-refractivity contribution is 5.88. The molecule has 1 aliphatic rings. The minimum atomic E-state index is -4.46. The fraction of sp³-hybridized carbons (Fsp3) is 0.267. The van der Waals surface area contributed by atoms with Crippen LogP contribution in [-0.4, -0.2) is 34.2 Å². The third kappa shape index (κ3) is 5.52. The Balaban J connectivity index is 1.46. The lowest BCUT2D eigenvalue weighted by Crippen LogP contribution is -2.22. The van der Waals surface area contributed by atoms with Gasteiger partial charge in [-0.2, -0.15) is 17.9 Å². The van der Waals surface area contributed by atoms with Crippen LogP contribution in [0.2, 0.25) is 0 Å². The van der Waals surface area contributed by atoms with Crippen LogP contribution in [0.25, 0.3) is 16.8 Å². The molecule has 1 saturated carbocycles. The van der Waals surface area contributed by atoms with E-state index in [0.717, 1.165) is 28.8 Å². The van der Waals surface area contributed by atoms with Crippen LogP contribution in [0.4, 0.5) is 23.8 Å². The van der Waals surface area contributed by atoms with Crippen molar-refractivity contribution in [3.05, 3.63) is 95.2 Å². The topological polar surface area (TPSA) is 95.3 Å². The van der Waals surface area contributed by atoms with Crippen molar-refractivity contribution in [3.63, 3.8) is 0 Å². The number of amides is 1. The molecule has 1 fully saturated rings. The van der Waals surface area contributed by atoms with E-state index in [1.54, 1.807) is 13.8 Å². The maximum absolute atomic E-state index is 12.9. The third-order valence-electron chi connectivity index (χ3n) is 7.24. The van der Waals surface area contributed by atoms with Gasteiger partial charge in [-0.05, 0) is 61.6 Å². The number of esters is 1. The molecule has 3 aromatic carbocycles. The molecule has 5 rings (SSSR count). The van der Waals surface area contributed by atoms with Gasteiger partial charge in [0.15, 0.2) is 5.82 Å². The van der Waals surface area contributed by atoms with E-state index >= 15 is 0 Å². The summed E-state index contributed by atoms with van der Waals surface area (Å²) < 4.78 is 50.7. The zero-order chi connectivity index (χ0) is 29.4. The first-order valence-electron chi connectivity index (χ1n) is 12.9. The Labute approximate surface area is 234 Å². The van der Waals surface area contributed by atoms with Crippen molar-refractivity contribution in [1.29, 1.82) is 0 Å². The average molecular weight is 565 g/mol. The first-order chi connectivity index (χ1) is 19.5. The second-order valence-corrected chi connectivity index (χ2v) is 9.90. The molecule has 4 aromatic rings. The second kappa shape index (κ2) is 10.7. The normalized spacial score (nSPS) is 14.7. The van der Waals surface area contributed by atoms with Gasteiger partial charge in [-0.3, -0.25) is 10.1 Å². The fourth-order valence-corrected chi connectivity index (χ4v) is 4.76. The van der Waals surface area contributed by atoms with Crippen LogP contribution in [-0.2, 0) is 25.9 Å². The number of ether oxygens (including phenoxy) is 2. The molecule has 1 aromatic heterocycles. The quantitative estimate of drug-likeness (QED) is 0.249. The first kappa shape index (κ1) is 27.9. The number of aryl methyl sites for hydroxylation is 1. The summed E-state index contributed by atoms with van der Waals surface area (Å²) in [6.45, 7) is 3.23. The van der Waals surface area contributed by atoms with Crippen LogP contribution in [0.3, 0.4) is 0 Å². The number of rotatable bonds is 7. The molecule has 1 N–H and O–H groups in total. The fourth-order valence-electron chi connectivity index (χ4n) is 4.76. The van der Waals surface area contributed by atoms with Crippen molar-refractivity contribution in [1.82, 2.24) is 15.0 Å². The minimum Gasteiger partial charge on any atom is -0.468 e. The summed E-state index contributed by atoms with van der Waals surface area (Å²) in [6.07, 6.45) is -4.83. The van der Waals surface area contributed by atoms with Gasteiger partial charge in [0.2, 0.25) is 0 Å². The summed E-state index contributed by atoms with van der Waals surface area (Å²) in [5.41, 5.74) is 2.28. The summed E-state index contributed by atoms with van der Waals surface area (Å²) in [4.78, 5) is 25.5. The number of halogens is 3. The molecule has 0 saturated heterocycles. The molecule has 0 radical (unpaired) electrons. The number of methoxy groups -OCH3 is 1. The summed E-state index contributed by atoms with van der Waals surface area (Å²) >= 11 is 0. The minimum absolute atomic E-state index is 0.242. The number of hydrogen-bond acceptors (Lipinski definition) is 6.